The van der Waals surface area contributed by atoms with Crippen LogP contribution in [0.1, 0.15) is 31.2 Å². The number of ether oxygens (including phenoxy) is 1. The maximum atomic E-state index is 5.77. The van der Waals surface area contributed by atoms with Crippen molar-refractivity contribution in [3.05, 3.63) is 17.8 Å². The topological polar surface area (TPSA) is 48.1 Å². The molecule has 14 heavy (non-hydrogen) atoms. The Kier molecular flexibility index (Phi) is 2.57. The summed E-state index contributed by atoms with van der Waals surface area (Å²) in [5, 5.41) is 0. The van der Waals surface area contributed by atoms with Gasteiger partial charge in [-0.05, 0) is 38.2 Å². The molecule has 0 spiro atoms. The zero-order valence-electron chi connectivity index (χ0n) is 8.49. The number of nitrogen functional groups attached to an aromatic ring is 1. The van der Waals surface area contributed by atoms with Gasteiger partial charge >= 0.3 is 0 Å². The largest absolute Gasteiger partial charge is 0.474 e. The summed E-state index contributed by atoms with van der Waals surface area (Å²) < 4.78 is 5.72. The van der Waals surface area contributed by atoms with Gasteiger partial charge in [0, 0.05) is 18.0 Å². The second kappa shape index (κ2) is 3.86. The molecule has 0 aromatic carbocycles. The average molecular weight is 192 g/mol. The van der Waals surface area contributed by atoms with Crippen LogP contribution in [0.5, 0.6) is 5.88 Å². The molecule has 1 aromatic heterocycles. The van der Waals surface area contributed by atoms with Crippen LogP contribution >= 0.6 is 0 Å². The Hall–Kier alpha value is -1.25. The van der Waals surface area contributed by atoms with Crippen LogP contribution in [0.3, 0.4) is 0 Å². The van der Waals surface area contributed by atoms with Crippen molar-refractivity contribution in [1.82, 2.24) is 4.98 Å². The summed E-state index contributed by atoms with van der Waals surface area (Å²) in [6, 6.07) is 1.81. The molecule has 76 valence electrons. The van der Waals surface area contributed by atoms with Gasteiger partial charge in [-0.3, -0.25) is 0 Å². The van der Waals surface area contributed by atoms with Gasteiger partial charge < -0.3 is 10.5 Å². The van der Waals surface area contributed by atoms with Crippen LogP contribution < -0.4 is 10.5 Å². The van der Waals surface area contributed by atoms with Crippen molar-refractivity contribution in [3.8, 4) is 5.88 Å². The highest BCUT2D eigenvalue weighted by atomic mass is 16.5. The minimum absolute atomic E-state index is 0.351. The van der Waals surface area contributed by atoms with Crippen LogP contribution in [0.2, 0.25) is 0 Å². The normalized spacial score (nSPS) is 17.2. The van der Waals surface area contributed by atoms with Gasteiger partial charge in [0.05, 0.1) is 0 Å². The molecule has 2 N–H and O–H groups in total. The van der Waals surface area contributed by atoms with Crippen molar-refractivity contribution in [3.63, 3.8) is 0 Å². The number of hydrogen-bond acceptors (Lipinski definition) is 3. The Morgan fingerprint density at radius 2 is 2.14 bits per heavy atom. The highest BCUT2D eigenvalue weighted by Crippen LogP contribution is 2.24. The van der Waals surface area contributed by atoms with Crippen molar-refractivity contribution in [1.29, 1.82) is 0 Å². The summed E-state index contributed by atoms with van der Waals surface area (Å²) >= 11 is 0. The lowest BCUT2D eigenvalue weighted by atomic mass is 10.2. The van der Waals surface area contributed by atoms with E-state index in [0.29, 0.717) is 12.0 Å². The molecule has 1 aliphatic carbocycles. The molecule has 1 saturated carbocycles. The van der Waals surface area contributed by atoms with E-state index in [1.807, 2.05) is 13.0 Å². The first kappa shape index (κ1) is 9.31. The predicted molar refractivity (Wildman–Crippen MR) is 56.3 cm³/mol. The second-order valence-corrected chi connectivity index (χ2v) is 3.90. The molecule has 0 unspecified atom stereocenters. The quantitative estimate of drug-likeness (QED) is 0.782. The van der Waals surface area contributed by atoms with Crippen LogP contribution in [-0.2, 0) is 0 Å². The van der Waals surface area contributed by atoms with E-state index in [0.717, 1.165) is 24.1 Å². The maximum Gasteiger partial charge on any atom is 0.215 e. The molecular weight excluding hydrogens is 176 g/mol. The minimum atomic E-state index is 0.351. The summed E-state index contributed by atoms with van der Waals surface area (Å²) in [6.07, 6.45) is 6.95. The van der Waals surface area contributed by atoms with E-state index in [-0.39, 0.29) is 0 Å². The first-order valence-electron chi connectivity index (χ1n) is 5.14. The molecule has 1 aromatic rings. The molecule has 0 atom stereocenters. The van der Waals surface area contributed by atoms with E-state index >= 15 is 0 Å². The molecular formula is C11H16N2O. The predicted octanol–water partition coefficient (Wildman–Crippen LogP) is 2.29. The van der Waals surface area contributed by atoms with Crippen molar-refractivity contribution < 1.29 is 4.74 Å². The van der Waals surface area contributed by atoms with E-state index in [4.69, 9.17) is 10.5 Å². The number of nitrogens with two attached hydrogens (primary N) is 1. The van der Waals surface area contributed by atoms with Crippen LogP contribution in [-0.4, -0.2) is 11.1 Å². The summed E-state index contributed by atoms with van der Waals surface area (Å²) in [7, 11) is 0. The molecule has 1 fully saturated rings. The molecule has 3 heteroatoms. The number of anilines is 1. The maximum absolute atomic E-state index is 5.77. The first-order valence-corrected chi connectivity index (χ1v) is 5.14. The molecule has 0 amide bonds. The Morgan fingerprint density at radius 3 is 2.79 bits per heavy atom. The van der Waals surface area contributed by atoms with Gasteiger partial charge in [0.1, 0.15) is 6.10 Å². The Balaban J connectivity index is 2.05. The van der Waals surface area contributed by atoms with Gasteiger partial charge in [0.25, 0.3) is 0 Å². The second-order valence-electron chi connectivity index (χ2n) is 3.90. The van der Waals surface area contributed by atoms with Gasteiger partial charge in [0.15, 0.2) is 0 Å². The first-order chi connectivity index (χ1) is 6.75. The molecule has 1 heterocycles. The SMILES string of the molecule is Cc1cnc(OC2CCCC2)cc1N. The molecule has 1 aliphatic rings. The third-order valence-electron chi connectivity index (χ3n) is 2.71. The zero-order chi connectivity index (χ0) is 9.97. The van der Waals surface area contributed by atoms with Crippen LogP contribution in [0, 0.1) is 6.92 Å². The number of pyridine rings is 1. The van der Waals surface area contributed by atoms with Gasteiger partial charge in [0.2, 0.25) is 5.88 Å². The van der Waals surface area contributed by atoms with Crippen molar-refractivity contribution >= 4 is 5.69 Å². The fraction of sp³-hybridized carbons (Fsp3) is 0.545. The summed E-state index contributed by atoms with van der Waals surface area (Å²) in [5.41, 5.74) is 7.54. The molecule has 0 aliphatic heterocycles. The van der Waals surface area contributed by atoms with Gasteiger partial charge in [-0.1, -0.05) is 0 Å². The van der Waals surface area contributed by atoms with Crippen LogP contribution in [0.4, 0.5) is 5.69 Å². The van der Waals surface area contributed by atoms with Gasteiger partial charge in [-0.2, -0.15) is 0 Å². The lowest BCUT2D eigenvalue weighted by Gasteiger charge is -2.12. The lowest BCUT2D eigenvalue weighted by molar-refractivity contribution is 0.201. The number of aryl methyl sites for hydroxylation is 1. The van der Waals surface area contributed by atoms with E-state index in [2.05, 4.69) is 4.98 Å². The Bertz CT molecular complexity index is 319. The molecule has 0 bridgehead atoms. The fourth-order valence-corrected chi connectivity index (χ4v) is 1.76. The van der Waals surface area contributed by atoms with Crippen LogP contribution in [0.15, 0.2) is 12.3 Å². The fourth-order valence-electron chi connectivity index (χ4n) is 1.76. The average Bonchev–Trinajstić information content (AvgIpc) is 2.64. The number of nitrogens with zero attached hydrogens (tertiary/aromatic N) is 1. The Morgan fingerprint density at radius 1 is 1.43 bits per heavy atom. The Labute approximate surface area is 84.3 Å². The molecule has 0 radical (unpaired) electrons. The minimum Gasteiger partial charge on any atom is -0.474 e. The van der Waals surface area contributed by atoms with E-state index < -0.39 is 0 Å². The van der Waals surface area contributed by atoms with E-state index in [1.165, 1.54) is 12.8 Å². The molecule has 0 saturated heterocycles. The third-order valence-corrected chi connectivity index (χ3v) is 2.71. The summed E-state index contributed by atoms with van der Waals surface area (Å²) in [5.74, 6) is 0.667. The number of aromatic nitrogens is 1. The smallest absolute Gasteiger partial charge is 0.215 e. The van der Waals surface area contributed by atoms with E-state index in [1.54, 1.807) is 6.20 Å². The molecule has 2 rings (SSSR count). The highest BCUT2D eigenvalue weighted by Gasteiger charge is 2.16. The zero-order valence-corrected chi connectivity index (χ0v) is 8.49. The number of hydrogen-bond donors (Lipinski definition) is 1. The lowest BCUT2D eigenvalue weighted by Crippen LogP contribution is -2.12. The standard InChI is InChI=1S/C11H16N2O/c1-8-7-13-11(6-10(8)12)14-9-4-2-3-5-9/h6-7,9H,2-5H2,1H3,(H2,12,13). The molecule has 3 nitrogen and oxygen atoms in total. The highest BCUT2D eigenvalue weighted by molar-refractivity contribution is 5.47. The van der Waals surface area contributed by atoms with Crippen molar-refractivity contribution in [2.75, 3.05) is 5.73 Å². The summed E-state index contributed by atoms with van der Waals surface area (Å²) in [6.45, 7) is 1.95. The monoisotopic (exact) mass is 192 g/mol. The van der Waals surface area contributed by atoms with E-state index in [9.17, 15) is 0 Å². The summed E-state index contributed by atoms with van der Waals surface area (Å²) in [4.78, 5) is 4.20. The van der Waals surface area contributed by atoms with Gasteiger partial charge in [-0.15, -0.1) is 0 Å². The van der Waals surface area contributed by atoms with Crippen molar-refractivity contribution in [2.45, 2.75) is 38.7 Å². The third kappa shape index (κ3) is 1.97. The number of rotatable bonds is 2. The van der Waals surface area contributed by atoms with Crippen LogP contribution in [0.25, 0.3) is 0 Å². The van der Waals surface area contributed by atoms with Gasteiger partial charge in [-0.25, -0.2) is 4.98 Å². The van der Waals surface area contributed by atoms with Crippen molar-refractivity contribution in [2.24, 2.45) is 0 Å².